The van der Waals surface area contributed by atoms with Crippen LogP contribution in [0.25, 0.3) is 0 Å². The first-order valence-electron chi connectivity index (χ1n) is 4.66. The molecule has 0 radical (unpaired) electrons. The maximum atomic E-state index is 9.95. The molecule has 1 heterocycles. The average molecular weight is 331 g/mol. The number of pyridine rings is 1. The van der Waals surface area contributed by atoms with Crippen LogP contribution in [-0.2, 0) is 0 Å². The number of aliphatic hydroxyl groups is 1. The first kappa shape index (κ1) is 11.2. The van der Waals surface area contributed by atoms with Crippen LogP contribution in [0, 0.1) is 11.2 Å². The van der Waals surface area contributed by atoms with Crippen LogP contribution in [0.15, 0.2) is 24.4 Å². The number of hydrogen-bond donors (Lipinski definition) is 1. The third-order valence-corrected chi connectivity index (χ3v) is 3.44. The molecule has 0 spiro atoms. The average Bonchev–Trinajstić information content (AvgIpc) is 2.24. The molecule has 1 aromatic rings. The summed E-state index contributed by atoms with van der Waals surface area (Å²) in [7, 11) is 1.41. The Morgan fingerprint density at radius 2 is 2.33 bits per heavy atom. The molecule has 0 saturated heterocycles. The van der Waals surface area contributed by atoms with E-state index in [2.05, 4.69) is 37.4 Å². The second kappa shape index (κ2) is 4.73. The standard InChI is InChI=1S/C11H10INOS/c12-15-6-4-11(14)7-9(8-11)10-3-1-2-5-13-10/h1-3,5,9,14H,7-8H2. The van der Waals surface area contributed by atoms with E-state index in [0.717, 1.165) is 5.69 Å². The highest BCUT2D eigenvalue weighted by molar-refractivity contribution is 14.2. The molecule has 2 nitrogen and oxygen atoms in total. The van der Waals surface area contributed by atoms with Crippen molar-refractivity contribution in [3.63, 3.8) is 0 Å². The molecule has 0 amide bonds. The summed E-state index contributed by atoms with van der Waals surface area (Å²) < 4.78 is 0. The number of aromatic nitrogens is 1. The Balaban J connectivity index is 1.99. The maximum absolute atomic E-state index is 9.95. The van der Waals surface area contributed by atoms with Gasteiger partial charge in [0, 0.05) is 39.0 Å². The van der Waals surface area contributed by atoms with Crippen molar-refractivity contribution in [3.8, 4) is 11.2 Å². The zero-order chi connectivity index (χ0) is 10.7. The number of hydrogen-bond acceptors (Lipinski definition) is 3. The lowest BCUT2D eigenvalue weighted by molar-refractivity contribution is 0.00488. The first-order chi connectivity index (χ1) is 7.23. The molecule has 0 aromatic carbocycles. The summed E-state index contributed by atoms with van der Waals surface area (Å²) in [5.74, 6) is 3.24. The second-order valence-electron chi connectivity index (χ2n) is 3.70. The summed E-state index contributed by atoms with van der Waals surface area (Å²) >= 11 is 2.10. The van der Waals surface area contributed by atoms with Crippen LogP contribution >= 0.6 is 30.1 Å². The van der Waals surface area contributed by atoms with Crippen molar-refractivity contribution in [2.75, 3.05) is 0 Å². The molecule has 1 saturated carbocycles. The Morgan fingerprint density at radius 3 is 2.93 bits per heavy atom. The Labute approximate surface area is 105 Å². The Kier molecular flexibility index (Phi) is 3.54. The van der Waals surface area contributed by atoms with Gasteiger partial charge in [0.25, 0.3) is 0 Å². The van der Waals surface area contributed by atoms with Crippen LogP contribution in [0.3, 0.4) is 0 Å². The SMILES string of the molecule is OC1(C#CSI)CC(c2ccccn2)C1. The lowest BCUT2D eigenvalue weighted by atomic mass is 9.70. The fraction of sp³-hybridized carbons (Fsp3) is 0.364. The number of nitrogens with zero attached hydrogens (tertiary/aromatic N) is 1. The fourth-order valence-electron chi connectivity index (χ4n) is 1.80. The van der Waals surface area contributed by atoms with Gasteiger partial charge >= 0.3 is 0 Å². The Hall–Kier alpha value is -0.250. The predicted molar refractivity (Wildman–Crippen MR) is 70.5 cm³/mol. The molecule has 4 heteroatoms. The van der Waals surface area contributed by atoms with Crippen molar-refractivity contribution in [1.29, 1.82) is 0 Å². The summed E-state index contributed by atoms with van der Waals surface area (Å²) in [6.07, 6.45) is 3.20. The quantitative estimate of drug-likeness (QED) is 0.635. The van der Waals surface area contributed by atoms with Crippen LogP contribution in [0.1, 0.15) is 24.5 Å². The summed E-state index contributed by atoms with van der Waals surface area (Å²) in [4.78, 5) is 4.28. The summed E-state index contributed by atoms with van der Waals surface area (Å²) in [6, 6.07) is 5.89. The van der Waals surface area contributed by atoms with Gasteiger partial charge in [-0.2, -0.15) is 0 Å². The highest BCUT2D eigenvalue weighted by Crippen LogP contribution is 2.43. The highest BCUT2D eigenvalue weighted by atomic mass is 127. The van der Waals surface area contributed by atoms with Gasteiger partial charge in [0.1, 0.15) is 5.60 Å². The van der Waals surface area contributed by atoms with Gasteiger partial charge in [-0.15, -0.1) is 0 Å². The zero-order valence-electron chi connectivity index (χ0n) is 7.98. The van der Waals surface area contributed by atoms with E-state index in [1.165, 1.54) is 8.93 Å². The summed E-state index contributed by atoms with van der Waals surface area (Å²) in [5.41, 5.74) is 0.284. The molecule has 0 atom stereocenters. The van der Waals surface area contributed by atoms with Crippen molar-refractivity contribution in [3.05, 3.63) is 30.1 Å². The lowest BCUT2D eigenvalue weighted by Crippen LogP contribution is -2.41. The molecule has 15 heavy (non-hydrogen) atoms. The minimum absolute atomic E-state index is 0.365. The zero-order valence-corrected chi connectivity index (χ0v) is 11.0. The monoisotopic (exact) mass is 331 g/mol. The Morgan fingerprint density at radius 1 is 1.53 bits per heavy atom. The van der Waals surface area contributed by atoms with Gasteiger partial charge in [-0.1, -0.05) is 12.0 Å². The van der Waals surface area contributed by atoms with Crippen molar-refractivity contribution in [2.24, 2.45) is 0 Å². The third-order valence-electron chi connectivity index (χ3n) is 2.60. The van der Waals surface area contributed by atoms with E-state index in [9.17, 15) is 5.11 Å². The molecule has 1 aromatic heterocycles. The van der Waals surface area contributed by atoms with Crippen LogP contribution in [0.2, 0.25) is 0 Å². The molecule has 78 valence electrons. The van der Waals surface area contributed by atoms with Gasteiger partial charge in [0.2, 0.25) is 0 Å². The van der Waals surface area contributed by atoms with Gasteiger partial charge in [-0.25, -0.2) is 0 Å². The van der Waals surface area contributed by atoms with E-state index in [-0.39, 0.29) is 0 Å². The number of halogens is 1. The Bertz CT molecular complexity index is 392. The van der Waals surface area contributed by atoms with Crippen LogP contribution in [0.5, 0.6) is 0 Å². The van der Waals surface area contributed by atoms with E-state index in [0.29, 0.717) is 18.8 Å². The minimum atomic E-state index is -0.777. The van der Waals surface area contributed by atoms with E-state index >= 15 is 0 Å². The van der Waals surface area contributed by atoms with E-state index in [1.54, 1.807) is 6.20 Å². The number of rotatable bonds is 1. The predicted octanol–water partition coefficient (Wildman–Crippen LogP) is 2.73. The van der Waals surface area contributed by atoms with E-state index in [1.807, 2.05) is 18.2 Å². The molecular formula is C11H10INOS. The molecule has 1 fully saturated rings. The first-order valence-corrected chi connectivity index (χ1v) is 8.02. The third kappa shape index (κ3) is 2.65. The van der Waals surface area contributed by atoms with E-state index < -0.39 is 5.60 Å². The van der Waals surface area contributed by atoms with Gasteiger partial charge in [-0.3, -0.25) is 4.98 Å². The molecule has 1 aliphatic carbocycles. The topological polar surface area (TPSA) is 33.1 Å². The molecule has 1 aliphatic rings. The molecule has 2 rings (SSSR count). The summed E-state index contributed by atoms with van der Waals surface area (Å²) in [5, 5.41) is 12.8. The van der Waals surface area contributed by atoms with Crippen molar-refractivity contribution in [1.82, 2.24) is 4.98 Å². The van der Waals surface area contributed by atoms with Gasteiger partial charge in [0.15, 0.2) is 0 Å². The minimum Gasteiger partial charge on any atom is -0.378 e. The highest BCUT2D eigenvalue weighted by Gasteiger charge is 2.42. The van der Waals surface area contributed by atoms with Crippen molar-refractivity contribution in [2.45, 2.75) is 24.4 Å². The van der Waals surface area contributed by atoms with Crippen LogP contribution in [-0.4, -0.2) is 15.7 Å². The van der Waals surface area contributed by atoms with Gasteiger partial charge < -0.3 is 5.11 Å². The van der Waals surface area contributed by atoms with Crippen LogP contribution < -0.4 is 0 Å². The van der Waals surface area contributed by atoms with Gasteiger partial charge in [-0.05, 0) is 39.2 Å². The molecule has 0 aliphatic heterocycles. The smallest absolute Gasteiger partial charge is 0.127 e. The van der Waals surface area contributed by atoms with Gasteiger partial charge in [0.05, 0.1) is 0 Å². The maximum Gasteiger partial charge on any atom is 0.127 e. The molecule has 0 bridgehead atoms. The second-order valence-corrected chi connectivity index (χ2v) is 5.38. The normalized spacial score (nSPS) is 28.8. The fourth-order valence-corrected chi connectivity index (χ4v) is 2.36. The molecule has 0 unspecified atom stereocenters. The molecular weight excluding hydrogens is 321 g/mol. The lowest BCUT2D eigenvalue weighted by Gasteiger charge is -2.39. The molecule has 1 N–H and O–H groups in total. The van der Waals surface area contributed by atoms with E-state index in [4.69, 9.17) is 0 Å². The van der Waals surface area contributed by atoms with Crippen molar-refractivity contribution < 1.29 is 5.11 Å². The van der Waals surface area contributed by atoms with Crippen LogP contribution in [0.4, 0.5) is 0 Å². The largest absolute Gasteiger partial charge is 0.378 e. The summed E-state index contributed by atoms with van der Waals surface area (Å²) in [6.45, 7) is 0. The van der Waals surface area contributed by atoms with Crippen molar-refractivity contribution >= 4 is 30.1 Å².